The highest BCUT2D eigenvalue weighted by Crippen LogP contribution is 2.42. The van der Waals surface area contributed by atoms with Gasteiger partial charge in [0.15, 0.2) is 11.5 Å². The average Bonchev–Trinajstić information content (AvgIpc) is 3.45. The fourth-order valence-electron chi connectivity index (χ4n) is 4.09. The molecule has 1 fully saturated rings. The Morgan fingerprint density at radius 2 is 1.78 bits per heavy atom. The second-order valence-corrected chi connectivity index (χ2v) is 8.58. The van der Waals surface area contributed by atoms with Gasteiger partial charge in [-0.2, -0.15) is 0 Å². The zero-order valence-electron chi connectivity index (χ0n) is 17.2. The van der Waals surface area contributed by atoms with Crippen LogP contribution in [0.2, 0.25) is 0 Å². The van der Waals surface area contributed by atoms with Crippen LogP contribution in [0.1, 0.15) is 22.0 Å². The van der Waals surface area contributed by atoms with Crippen molar-refractivity contribution in [2.45, 2.75) is 12.5 Å². The molecule has 5 rings (SSSR count). The van der Waals surface area contributed by atoms with Gasteiger partial charge in [-0.15, -0.1) is 11.3 Å². The molecule has 2 aliphatic heterocycles. The lowest BCUT2D eigenvalue weighted by Crippen LogP contribution is -2.31. The highest BCUT2D eigenvalue weighted by Gasteiger charge is 2.46. The molecule has 0 spiro atoms. The fraction of sp³-hybridized carbons (Fsp3) is 0.200. The first kappa shape index (κ1) is 20.3. The van der Waals surface area contributed by atoms with Crippen LogP contribution in [0.3, 0.4) is 0 Å². The molecule has 0 unspecified atom stereocenters. The van der Waals surface area contributed by atoms with Crippen molar-refractivity contribution >= 4 is 28.8 Å². The van der Waals surface area contributed by atoms with Crippen LogP contribution in [0.4, 0.5) is 0 Å². The van der Waals surface area contributed by atoms with Crippen molar-refractivity contribution in [1.29, 1.82) is 0 Å². The van der Waals surface area contributed by atoms with Crippen LogP contribution < -0.4 is 9.47 Å². The smallest absolute Gasteiger partial charge is 0.295 e. The van der Waals surface area contributed by atoms with Gasteiger partial charge in [0, 0.05) is 17.0 Å². The molecule has 6 nitrogen and oxygen atoms in total. The van der Waals surface area contributed by atoms with Crippen molar-refractivity contribution in [2.24, 2.45) is 0 Å². The minimum absolute atomic E-state index is 0.0992. The molecule has 1 N–H and O–H groups in total. The molecule has 32 heavy (non-hydrogen) atoms. The van der Waals surface area contributed by atoms with Gasteiger partial charge in [0.1, 0.15) is 19.0 Å². The first-order chi connectivity index (χ1) is 15.6. The Balaban J connectivity index is 1.54. The maximum absolute atomic E-state index is 13.1. The third-order valence-corrected chi connectivity index (χ3v) is 6.58. The molecule has 1 saturated heterocycles. The van der Waals surface area contributed by atoms with E-state index < -0.39 is 17.7 Å². The number of hydrogen-bond acceptors (Lipinski definition) is 6. The molecule has 0 bridgehead atoms. The first-order valence-corrected chi connectivity index (χ1v) is 11.3. The Morgan fingerprint density at radius 3 is 2.53 bits per heavy atom. The summed E-state index contributed by atoms with van der Waals surface area (Å²) in [7, 11) is 0. The summed E-state index contributed by atoms with van der Waals surface area (Å²) in [4.78, 5) is 28.5. The number of ketones is 1. The Kier molecular flexibility index (Phi) is 5.41. The minimum atomic E-state index is -0.677. The van der Waals surface area contributed by atoms with Gasteiger partial charge in [-0.1, -0.05) is 36.4 Å². The summed E-state index contributed by atoms with van der Waals surface area (Å²) in [6.07, 6.45) is 0.611. The van der Waals surface area contributed by atoms with E-state index in [1.807, 2.05) is 47.8 Å². The van der Waals surface area contributed by atoms with Crippen molar-refractivity contribution in [3.63, 3.8) is 0 Å². The zero-order chi connectivity index (χ0) is 22.1. The molecule has 2 aliphatic rings. The van der Waals surface area contributed by atoms with E-state index in [0.717, 1.165) is 10.4 Å². The Bertz CT molecular complexity index is 1190. The molecule has 0 radical (unpaired) electrons. The number of hydrogen-bond donors (Lipinski definition) is 1. The van der Waals surface area contributed by atoms with Crippen LogP contribution in [-0.4, -0.2) is 41.5 Å². The number of benzene rings is 2. The van der Waals surface area contributed by atoms with E-state index in [9.17, 15) is 14.7 Å². The van der Waals surface area contributed by atoms with Crippen molar-refractivity contribution in [1.82, 2.24) is 4.90 Å². The molecular formula is C25H21NO5S. The Labute approximate surface area is 189 Å². The molecule has 7 heteroatoms. The van der Waals surface area contributed by atoms with Crippen LogP contribution in [0.5, 0.6) is 11.5 Å². The number of rotatable bonds is 5. The molecule has 1 aromatic heterocycles. The molecular weight excluding hydrogens is 426 g/mol. The number of likely N-dealkylation sites (tertiary alicyclic amines) is 1. The number of aliphatic hydroxyl groups is 1. The maximum atomic E-state index is 13.1. The van der Waals surface area contributed by atoms with Crippen LogP contribution in [0, 0.1) is 0 Å². The van der Waals surface area contributed by atoms with Crippen LogP contribution in [0.15, 0.2) is 71.6 Å². The molecule has 162 valence electrons. The molecule has 3 aromatic rings. The van der Waals surface area contributed by atoms with Gasteiger partial charge < -0.3 is 19.5 Å². The van der Waals surface area contributed by atoms with Gasteiger partial charge in [-0.3, -0.25) is 9.59 Å². The lowest BCUT2D eigenvalue weighted by molar-refractivity contribution is -0.139. The lowest BCUT2D eigenvalue weighted by atomic mass is 9.99. The second-order valence-electron chi connectivity index (χ2n) is 7.60. The largest absolute Gasteiger partial charge is 0.507 e. The van der Waals surface area contributed by atoms with Crippen molar-refractivity contribution in [3.8, 4) is 11.5 Å². The predicted molar refractivity (Wildman–Crippen MR) is 121 cm³/mol. The van der Waals surface area contributed by atoms with Gasteiger partial charge in [-0.05, 0) is 41.6 Å². The summed E-state index contributed by atoms with van der Waals surface area (Å²) in [5.74, 6) is -0.389. The Hall–Kier alpha value is -3.58. The van der Waals surface area contributed by atoms with E-state index in [1.54, 1.807) is 23.1 Å². The molecule has 0 aliphatic carbocycles. The number of Topliss-reactive ketones (excluding diaryl/α,β-unsaturated/α-hetero) is 1. The van der Waals surface area contributed by atoms with Gasteiger partial charge in [-0.25, -0.2) is 0 Å². The van der Waals surface area contributed by atoms with E-state index in [4.69, 9.17) is 9.47 Å². The average molecular weight is 448 g/mol. The number of carbonyl (C=O) groups is 2. The first-order valence-electron chi connectivity index (χ1n) is 10.4. The van der Waals surface area contributed by atoms with E-state index in [1.165, 1.54) is 11.3 Å². The molecule has 1 amide bonds. The highest BCUT2D eigenvalue weighted by molar-refractivity contribution is 7.10. The van der Waals surface area contributed by atoms with Crippen molar-refractivity contribution < 1.29 is 24.2 Å². The summed E-state index contributed by atoms with van der Waals surface area (Å²) in [5, 5.41) is 13.1. The van der Waals surface area contributed by atoms with Gasteiger partial charge in [0.2, 0.25) is 0 Å². The van der Waals surface area contributed by atoms with Crippen LogP contribution in [-0.2, 0) is 16.0 Å². The van der Waals surface area contributed by atoms with Gasteiger partial charge in [0.25, 0.3) is 11.7 Å². The summed E-state index contributed by atoms with van der Waals surface area (Å²) < 4.78 is 11.2. The van der Waals surface area contributed by atoms with Gasteiger partial charge in [0.05, 0.1) is 11.6 Å². The van der Waals surface area contributed by atoms with Crippen molar-refractivity contribution in [2.75, 3.05) is 19.8 Å². The van der Waals surface area contributed by atoms with Crippen LogP contribution >= 0.6 is 11.3 Å². The van der Waals surface area contributed by atoms with E-state index in [2.05, 4.69) is 0 Å². The Morgan fingerprint density at radius 1 is 1.00 bits per heavy atom. The number of nitrogens with zero attached hydrogens (tertiary/aromatic N) is 1. The zero-order valence-corrected chi connectivity index (χ0v) is 18.0. The van der Waals surface area contributed by atoms with Crippen molar-refractivity contribution in [3.05, 3.63) is 87.6 Å². The normalized spacial score (nSPS) is 19.4. The summed E-state index contributed by atoms with van der Waals surface area (Å²) in [5.41, 5.74) is 1.59. The SMILES string of the molecule is O=C1C(=O)N(CCc2ccccc2)[C@H](c2cccs2)C1=C(O)c1ccc2c(c1)OCCO2. The molecule has 0 saturated carbocycles. The van der Waals surface area contributed by atoms with E-state index in [-0.39, 0.29) is 11.3 Å². The number of amides is 1. The summed E-state index contributed by atoms with van der Waals surface area (Å²) in [6.45, 7) is 1.24. The molecule has 1 atom stereocenters. The summed E-state index contributed by atoms with van der Waals surface area (Å²) >= 11 is 1.45. The topological polar surface area (TPSA) is 76.1 Å². The molecule has 3 heterocycles. The predicted octanol–water partition coefficient (Wildman–Crippen LogP) is 4.18. The monoisotopic (exact) mass is 447 g/mol. The minimum Gasteiger partial charge on any atom is -0.507 e. The van der Waals surface area contributed by atoms with E-state index >= 15 is 0 Å². The quantitative estimate of drug-likeness (QED) is 0.361. The third-order valence-electron chi connectivity index (χ3n) is 5.65. The number of ether oxygens (including phenoxy) is 2. The van der Waals surface area contributed by atoms with Crippen LogP contribution in [0.25, 0.3) is 5.76 Å². The number of fused-ring (bicyclic) bond motifs is 1. The van der Waals surface area contributed by atoms with Gasteiger partial charge >= 0.3 is 0 Å². The maximum Gasteiger partial charge on any atom is 0.295 e. The fourth-order valence-corrected chi connectivity index (χ4v) is 4.94. The third kappa shape index (κ3) is 3.65. The number of thiophene rings is 1. The summed E-state index contributed by atoms with van der Waals surface area (Å²) in [6, 6.07) is 18.0. The number of carbonyl (C=O) groups excluding carboxylic acids is 2. The number of aliphatic hydroxyl groups excluding tert-OH is 1. The second kappa shape index (κ2) is 8.51. The van der Waals surface area contributed by atoms with E-state index in [0.29, 0.717) is 43.2 Å². The standard InChI is InChI=1S/C25H21NO5S/c27-23(17-8-9-18-19(15-17)31-13-12-30-18)21-22(20-7-4-14-32-20)26(25(29)24(21)28)11-10-16-5-2-1-3-6-16/h1-9,14-15,22,27H,10-13H2/t22-/m1/s1. The molecule has 2 aromatic carbocycles. The lowest BCUT2D eigenvalue weighted by Gasteiger charge is -2.24. The highest BCUT2D eigenvalue weighted by atomic mass is 32.1.